The number of nitrogens with zero attached hydrogens (tertiary/aromatic N) is 2. The minimum Gasteiger partial charge on any atom is -0.457 e. The molecule has 7 heteroatoms. The van der Waals surface area contributed by atoms with Gasteiger partial charge in [0.15, 0.2) is 0 Å². The van der Waals surface area contributed by atoms with Crippen LogP contribution in [-0.2, 0) is 11.3 Å². The molecular weight excluding hydrogens is 411 g/mol. The van der Waals surface area contributed by atoms with Crippen molar-refractivity contribution in [1.29, 1.82) is 0 Å². The summed E-state index contributed by atoms with van der Waals surface area (Å²) in [4.78, 5) is 21.0. The lowest BCUT2D eigenvalue weighted by molar-refractivity contribution is 0.0473. The van der Waals surface area contributed by atoms with E-state index in [2.05, 4.69) is 9.97 Å². The van der Waals surface area contributed by atoms with Crippen LogP contribution in [0.15, 0.2) is 72.9 Å². The van der Waals surface area contributed by atoms with Crippen molar-refractivity contribution < 1.29 is 14.3 Å². The van der Waals surface area contributed by atoms with Crippen LogP contribution in [-0.4, -0.2) is 15.9 Å². The van der Waals surface area contributed by atoms with Gasteiger partial charge in [-0.05, 0) is 48.5 Å². The molecule has 0 N–H and O–H groups in total. The van der Waals surface area contributed by atoms with E-state index in [1.165, 1.54) is 0 Å². The number of ether oxygens (including phenoxy) is 2. The lowest BCUT2D eigenvalue weighted by atomic mass is 10.2. The Kier molecular flexibility index (Phi) is 5.60. The molecular formula is C22H14Cl2N2O3. The standard InChI is InChI=1S/C22H14Cl2N2O3/c23-16-8-5-15(18(24)11-16)13-28-22(27)14-6-9-17(10-7-14)29-21-12-25-19-3-1-2-4-20(19)26-21/h1-12H,13H2. The number of para-hydroxylation sites is 2. The number of hydrogen-bond donors (Lipinski definition) is 0. The van der Waals surface area contributed by atoms with E-state index in [0.717, 1.165) is 11.0 Å². The van der Waals surface area contributed by atoms with Crippen molar-refractivity contribution in [1.82, 2.24) is 9.97 Å². The van der Waals surface area contributed by atoms with Gasteiger partial charge in [-0.1, -0.05) is 41.4 Å². The Morgan fingerprint density at radius 2 is 1.69 bits per heavy atom. The molecule has 1 heterocycles. The van der Waals surface area contributed by atoms with Crippen LogP contribution in [0.25, 0.3) is 11.0 Å². The normalized spacial score (nSPS) is 10.7. The van der Waals surface area contributed by atoms with E-state index in [9.17, 15) is 4.79 Å². The van der Waals surface area contributed by atoms with Gasteiger partial charge in [0, 0.05) is 15.6 Å². The lowest BCUT2D eigenvalue weighted by Gasteiger charge is -2.08. The number of esters is 1. The summed E-state index contributed by atoms with van der Waals surface area (Å²) in [5.41, 5.74) is 2.61. The Hall–Kier alpha value is -3.15. The lowest BCUT2D eigenvalue weighted by Crippen LogP contribution is -2.05. The molecule has 0 aliphatic heterocycles. The molecule has 4 aromatic rings. The summed E-state index contributed by atoms with van der Waals surface area (Å²) in [6.07, 6.45) is 1.56. The number of fused-ring (bicyclic) bond motifs is 1. The van der Waals surface area contributed by atoms with Crippen LogP contribution in [0.1, 0.15) is 15.9 Å². The second-order valence-corrected chi connectivity index (χ2v) is 6.98. The van der Waals surface area contributed by atoms with Gasteiger partial charge >= 0.3 is 5.97 Å². The average Bonchev–Trinajstić information content (AvgIpc) is 2.73. The Balaban J connectivity index is 1.40. The van der Waals surface area contributed by atoms with Crippen molar-refractivity contribution >= 4 is 40.2 Å². The maximum absolute atomic E-state index is 12.3. The highest BCUT2D eigenvalue weighted by atomic mass is 35.5. The van der Waals surface area contributed by atoms with Gasteiger partial charge in [-0.3, -0.25) is 0 Å². The fraction of sp³-hybridized carbons (Fsp3) is 0.0455. The molecule has 0 atom stereocenters. The number of carbonyl (C=O) groups excluding carboxylic acids is 1. The number of halogens is 2. The second-order valence-electron chi connectivity index (χ2n) is 6.14. The Morgan fingerprint density at radius 1 is 0.931 bits per heavy atom. The fourth-order valence-electron chi connectivity index (χ4n) is 2.63. The van der Waals surface area contributed by atoms with Crippen LogP contribution < -0.4 is 4.74 Å². The number of rotatable bonds is 5. The third-order valence-corrected chi connectivity index (χ3v) is 4.70. The summed E-state index contributed by atoms with van der Waals surface area (Å²) in [6.45, 7) is 0.0553. The molecule has 0 radical (unpaired) electrons. The maximum Gasteiger partial charge on any atom is 0.338 e. The Bertz CT molecular complexity index is 1180. The third kappa shape index (κ3) is 4.65. The van der Waals surface area contributed by atoms with E-state index in [1.807, 2.05) is 24.3 Å². The predicted octanol–water partition coefficient (Wildman–Crippen LogP) is 6.09. The molecule has 4 rings (SSSR count). The van der Waals surface area contributed by atoms with Gasteiger partial charge in [0.25, 0.3) is 0 Å². The summed E-state index contributed by atoms with van der Waals surface area (Å²) >= 11 is 12.0. The van der Waals surface area contributed by atoms with Gasteiger partial charge in [-0.2, -0.15) is 0 Å². The zero-order valence-electron chi connectivity index (χ0n) is 15.0. The van der Waals surface area contributed by atoms with Crippen molar-refractivity contribution in [2.45, 2.75) is 6.61 Å². The van der Waals surface area contributed by atoms with E-state index in [0.29, 0.717) is 32.8 Å². The number of hydrogen-bond acceptors (Lipinski definition) is 5. The molecule has 1 aromatic heterocycles. The first-order valence-electron chi connectivity index (χ1n) is 8.69. The smallest absolute Gasteiger partial charge is 0.338 e. The van der Waals surface area contributed by atoms with Gasteiger partial charge in [0.1, 0.15) is 12.4 Å². The minimum atomic E-state index is -0.465. The highest BCUT2D eigenvalue weighted by Gasteiger charge is 2.10. The van der Waals surface area contributed by atoms with Crippen LogP contribution in [0.5, 0.6) is 11.6 Å². The van der Waals surface area contributed by atoms with E-state index >= 15 is 0 Å². The van der Waals surface area contributed by atoms with Crippen molar-refractivity contribution in [3.05, 3.63) is 94.1 Å². The van der Waals surface area contributed by atoms with E-state index in [4.69, 9.17) is 32.7 Å². The van der Waals surface area contributed by atoms with E-state index in [-0.39, 0.29) is 6.61 Å². The number of carbonyl (C=O) groups is 1. The molecule has 3 aromatic carbocycles. The topological polar surface area (TPSA) is 61.3 Å². The summed E-state index contributed by atoms with van der Waals surface area (Å²) in [5, 5.41) is 0.974. The first kappa shape index (κ1) is 19.2. The summed E-state index contributed by atoms with van der Waals surface area (Å²) in [6, 6.07) is 19.1. The summed E-state index contributed by atoms with van der Waals surface area (Å²) in [5.74, 6) is 0.441. The van der Waals surface area contributed by atoms with Crippen molar-refractivity contribution in [2.75, 3.05) is 0 Å². The molecule has 0 aliphatic rings. The molecule has 0 aliphatic carbocycles. The molecule has 0 bridgehead atoms. The van der Waals surface area contributed by atoms with Crippen LogP contribution in [0.4, 0.5) is 0 Å². The van der Waals surface area contributed by atoms with Gasteiger partial charge in [0.2, 0.25) is 5.88 Å². The zero-order chi connectivity index (χ0) is 20.2. The van der Waals surface area contributed by atoms with Crippen LogP contribution >= 0.6 is 23.2 Å². The molecule has 144 valence electrons. The molecule has 0 unspecified atom stereocenters. The van der Waals surface area contributed by atoms with Crippen LogP contribution in [0, 0.1) is 0 Å². The Labute approximate surface area is 176 Å². The Morgan fingerprint density at radius 3 is 2.45 bits per heavy atom. The zero-order valence-corrected chi connectivity index (χ0v) is 16.5. The fourth-order valence-corrected chi connectivity index (χ4v) is 3.10. The van der Waals surface area contributed by atoms with E-state index in [1.54, 1.807) is 48.7 Å². The van der Waals surface area contributed by atoms with Gasteiger partial charge in [-0.15, -0.1) is 0 Å². The van der Waals surface area contributed by atoms with Crippen LogP contribution in [0.2, 0.25) is 10.0 Å². The predicted molar refractivity (Wildman–Crippen MR) is 112 cm³/mol. The highest BCUT2D eigenvalue weighted by Crippen LogP contribution is 2.23. The molecule has 0 saturated carbocycles. The largest absolute Gasteiger partial charge is 0.457 e. The monoisotopic (exact) mass is 424 g/mol. The molecule has 29 heavy (non-hydrogen) atoms. The summed E-state index contributed by atoms with van der Waals surface area (Å²) < 4.78 is 11.0. The SMILES string of the molecule is O=C(OCc1ccc(Cl)cc1Cl)c1ccc(Oc2cnc3ccccc3n2)cc1. The number of benzene rings is 3. The van der Waals surface area contributed by atoms with Crippen LogP contribution in [0.3, 0.4) is 0 Å². The molecule has 5 nitrogen and oxygen atoms in total. The highest BCUT2D eigenvalue weighted by molar-refractivity contribution is 6.35. The first-order chi connectivity index (χ1) is 14.1. The summed E-state index contributed by atoms with van der Waals surface area (Å²) in [7, 11) is 0. The first-order valence-corrected chi connectivity index (χ1v) is 9.45. The van der Waals surface area contributed by atoms with Crippen molar-refractivity contribution in [3.63, 3.8) is 0 Å². The third-order valence-electron chi connectivity index (χ3n) is 4.11. The average molecular weight is 425 g/mol. The molecule has 0 amide bonds. The minimum absolute atomic E-state index is 0.0553. The van der Waals surface area contributed by atoms with Gasteiger partial charge in [0.05, 0.1) is 22.8 Å². The molecule has 0 saturated heterocycles. The molecule has 0 spiro atoms. The van der Waals surface area contributed by atoms with Gasteiger partial charge < -0.3 is 9.47 Å². The second kappa shape index (κ2) is 8.47. The number of aromatic nitrogens is 2. The van der Waals surface area contributed by atoms with E-state index < -0.39 is 5.97 Å². The van der Waals surface area contributed by atoms with Crippen molar-refractivity contribution in [3.8, 4) is 11.6 Å². The maximum atomic E-state index is 12.3. The molecule has 0 fully saturated rings. The quantitative estimate of drug-likeness (QED) is 0.363. The van der Waals surface area contributed by atoms with Crippen molar-refractivity contribution in [2.24, 2.45) is 0 Å². The van der Waals surface area contributed by atoms with Gasteiger partial charge in [-0.25, -0.2) is 14.8 Å².